The SMILES string of the molecule is C=C(C)C=N/C(=C\C)C1CC1.CNc1ccc(F)cc1OC. The predicted octanol–water partition coefficient (Wildman–Crippen LogP) is 4.82. The van der Waals surface area contributed by atoms with Crippen LogP contribution in [0.2, 0.25) is 0 Å². The molecule has 0 aliphatic heterocycles. The molecule has 1 aromatic rings. The summed E-state index contributed by atoms with van der Waals surface area (Å²) in [5.41, 5.74) is 3.03. The van der Waals surface area contributed by atoms with Crippen molar-refractivity contribution in [3.8, 4) is 5.75 Å². The number of hydrogen-bond donors (Lipinski definition) is 1. The zero-order valence-corrected chi connectivity index (χ0v) is 13.8. The number of anilines is 1. The number of halogens is 1. The van der Waals surface area contributed by atoms with Crippen LogP contribution in [-0.4, -0.2) is 20.4 Å². The summed E-state index contributed by atoms with van der Waals surface area (Å²) in [5, 5.41) is 2.88. The maximum atomic E-state index is 12.6. The zero-order chi connectivity index (χ0) is 16.5. The molecule has 1 fully saturated rings. The van der Waals surface area contributed by atoms with Gasteiger partial charge in [-0.25, -0.2) is 4.39 Å². The summed E-state index contributed by atoms with van der Waals surface area (Å²) in [6.07, 6.45) is 6.56. The van der Waals surface area contributed by atoms with E-state index in [0.717, 1.165) is 17.2 Å². The maximum absolute atomic E-state index is 12.6. The second kappa shape index (κ2) is 9.03. The Bertz CT molecular complexity index is 560. The number of aliphatic imine (C=N–C) groups is 1. The molecule has 0 bridgehead atoms. The lowest BCUT2D eigenvalue weighted by atomic mass is 10.3. The highest BCUT2D eigenvalue weighted by Crippen LogP contribution is 2.36. The van der Waals surface area contributed by atoms with E-state index in [1.165, 1.54) is 37.8 Å². The largest absolute Gasteiger partial charge is 0.494 e. The molecule has 1 aromatic carbocycles. The van der Waals surface area contributed by atoms with Crippen molar-refractivity contribution >= 4 is 11.9 Å². The van der Waals surface area contributed by atoms with Crippen molar-refractivity contribution in [2.75, 3.05) is 19.5 Å². The topological polar surface area (TPSA) is 33.6 Å². The fourth-order valence-electron chi connectivity index (χ4n) is 1.85. The smallest absolute Gasteiger partial charge is 0.144 e. The Hall–Kier alpha value is -2.10. The summed E-state index contributed by atoms with van der Waals surface area (Å²) < 4.78 is 17.5. The minimum Gasteiger partial charge on any atom is -0.494 e. The van der Waals surface area contributed by atoms with Gasteiger partial charge in [0.05, 0.1) is 12.8 Å². The van der Waals surface area contributed by atoms with Crippen LogP contribution < -0.4 is 10.1 Å². The van der Waals surface area contributed by atoms with Crippen molar-refractivity contribution < 1.29 is 9.13 Å². The van der Waals surface area contributed by atoms with Crippen molar-refractivity contribution in [3.05, 3.63) is 47.9 Å². The Morgan fingerprint density at radius 1 is 1.45 bits per heavy atom. The van der Waals surface area contributed by atoms with E-state index in [1.807, 2.05) is 20.1 Å². The van der Waals surface area contributed by atoms with E-state index in [9.17, 15) is 4.39 Å². The number of ether oxygens (including phenoxy) is 1. The monoisotopic (exact) mass is 304 g/mol. The molecule has 0 aromatic heterocycles. The molecule has 4 heteroatoms. The first kappa shape index (κ1) is 18.0. The van der Waals surface area contributed by atoms with Crippen molar-refractivity contribution in [3.63, 3.8) is 0 Å². The number of nitrogens with zero attached hydrogens (tertiary/aromatic N) is 1. The van der Waals surface area contributed by atoms with E-state index in [0.29, 0.717) is 5.75 Å². The molecule has 0 amide bonds. The van der Waals surface area contributed by atoms with Crippen LogP contribution in [0.4, 0.5) is 10.1 Å². The van der Waals surface area contributed by atoms with Gasteiger partial charge in [-0.15, -0.1) is 0 Å². The lowest BCUT2D eigenvalue weighted by Gasteiger charge is -2.06. The molecule has 2 rings (SSSR count). The number of nitrogens with one attached hydrogen (secondary N) is 1. The first-order chi connectivity index (χ1) is 10.5. The van der Waals surface area contributed by atoms with Crippen LogP contribution in [0.15, 0.2) is 47.1 Å². The van der Waals surface area contributed by atoms with Gasteiger partial charge in [0.1, 0.15) is 11.6 Å². The Morgan fingerprint density at radius 3 is 2.59 bits per heavy atom. The first-order valence-electron chi connectivity index (χ1n) is 7.38. The molecule has 0 unspecified atom stereocenters. The average Bonchev–Trinajstić information content (AvgIpc) is 3.33. The average molecular weight is 304 g/mol. The minimum absolute atomic E-state index is 0.291. The Labute approximate surface area is 132 Å². The summed E-state index contributed by atoms with van der Waals surface area (Å²) in [6, 6.07) is 4.36. The maximum Gasteiger partial charge on any atom is 0.144 e. The Kier molecular flexibility index (Phi) is 7.37. The molecule has 0 spiro atoms. The van der Waals surface area contributed by atoms with Crippen molar-refractivity contribution in [2.24, 2.45) is 10.9 Å². The van der Waals surface area contributed by atoms with Gasteiger partial charge in [0, 0.05) is 30.9 Å². The first-order valence-corrected chi connectivity index (χ1v) is 7.38. The van der Waals surface area contributed by atoms with Crippen molar-refractivity contribution in [1.82, 2.24) is 0 Å². The normalized spacial score (nSPS) is 14.3. The standard InChI is InChI=1S/C10H15N.C8H10FNO/c1-4-10(9-5-6-9)11-7-8(2)3;1-10-7-4-3-6(9)5-8(7)11-2/h4,7,9H,2,5-6H2,1,3H3;3-5,10H,1-2H3/b10-4-,11-7?;. The number of allylic oxidation sites excluding steroid dienone is 3. The second-order valence-electron chi connectivity index (χ2n) is 5.19. The molecule has 120 valence electrons. The number of hydrogen-bond acceptors (Lipinski definition) is 3. The van der Waals surface area contributed by atoms with Crippen LogP contribution in [0.25, 0.3) is 0 Å². The summed E-state index contributed by atoms with van der Waals surface area (Å²) in [6.45, 7) is 7.77. The van der Waals surface area contributed by atoms with Crippen molar-refractivity contribution in [2.45, 2.75) is 26.7 Å². The summed E-state index contributed by atoms with van der Waals surface area (Å²) in [5.74, 6) is 0.976. The molecule has 1 aliphatic carbocycles. The van der Waals surface area contributed by atoms with Gasteiger partial charge >= 0.3 is 0 Å². The summed E-state index contributed by atoms with van der Waals surface area (Å²) >= 11 is 0. The highest BCUT2D eigenvalue weighted by atomic mass is 19.1. The van der Waals surface area contributed by atoms with Crippen LogP contribution in [-0.2, 0) is 0 Å². The van der Waals surface area contributed by atoms with Crippen LogP contribution in [0.1, 0.15) is 26.7 Å². The van der Waals surface area contributed by atoms with Gasteiger partial charge in [-0.1, -0.05) is 12.7 Å². The molecule has 0 heterocycles. The fraction of sp³-hybridized carbons (Fsp3) is 0.389. The van der Waals surface area contributed by atoms with Crippen LogP contribution in [0.5, 0.6) is 5.75 Å². The highest BCUT2D eigenvalue weighted by Gasteiger charge is 2.24. The van der Waals surface area contributed by atoms with Crippen LogP contribution in [0, 0.1) is 11.7 Å². The third-order valence-corrected chi connectivity index (χ3v) is 3.16. The van der Waals surface area contributed by atoms with E-state index >= 15 is 0 Å². The lowest BCUT2D eigenvalue weighted by molar-refractivity contribution is 0.413. The molecule has 1 N–H and O–H groups in total. The van der Waals surface area contributed by atoms with Gasteiger partial charge in [0.25, 0.3) is 0 Å². The van der Waals surface area contributed by atoms with E-state index < -0.39 is 0 Å². The quantitative estimate of drug-likeness (QED) is 0.791. The zero-order valence-electron chi connectivity index (χ0n) is 13.8. The molecule has 1 aliphatic rings. The molecular weight excluding hydrogens is 279 g/mol. The molecule has 0 saturated heterocycles. The van der Waals surface area contributed by atoms with E-state index in [2.05, 4.69) is 23.0 Å². The summed E-state index contributed by atoms with van der Waals surface area (Å²) in [4.78, 5) is 4.34. The Balaban J connectivity index is 0.000000220. The van der Waals surface area contributed by atoms with Gasteiger partial charge in [0.2, 0.25) is 0 Å². The van der Waals surface area contributed by atoms with E-state index in [4.69, 9.17) is 4.74 Å². The fourth-order valence-corrected chi connectivity index (χ4v) is 1.85. The molecule has 22 heavy (non-hydrogen) atoms. The van der Waals surface area contributed by atoms with Gasteiger partial charge < -0.3 is 10.1 Å². The Morgan fingerprint density at radius 2 is 2.14 bits per heavy atom. The third-order valence-electron chi connectivity index (χ3n) is 3.16. The molecular formula is C18H25FN2O. The molecule has 0 atom stereocenters. The molecule has 3 nitrogen and oxygen atoms in total. The number of benzene rings is 1. The molecule has 1 saturated carbocycles. The lowest BCUT2D eigenvalue weighted by Crippen LogP contribution is -1.93. The van der Waals surface area contributed by atoms with Crippen LogP contribution in [0.3, 0.4) is 0 Å². The van der Waals surface area contributed by atoms with E-state index in [1.54, 1.807) is 13.1 Å². The molecule has 0 radical (unpaired) electrons. The number of rotatable bonds is 5. The van der Waals surface area contributed by atoms with E-state index in [-0.39, 0.29) is 5.82 Å². The van der Waals surface area contributed by atoms with Crippen LogP contribution >= 0.6 is 0 Å². The van der Waals surface area contributed by atoms with Gasteiger partial charge in [-0.2, -0.15) is 0 Å². The van der Waals surface area contributed by atoms with Gasteiger partial charge in [-0.05, 0) is 44.4 Å². The van der Waals surface area contributed by atoms with Gasteiger partial charge in [0.15, 0.2) is 0 Å². The second-order valence-corrected chi connectivity index (χ2v) is 5.19. The minimum atomic E-state index is -0.291. The van der Waals surface area contributed by atoms with Gasteiger partial charge in [-0.3, -0.25) is 4.99 Å². The number of methoxy groups -OCH3 is 1. The predicted molar refractivity (Wildman–Crippen MR) is 92.3 cm³/mol. The van der Waals surface area contributed by atoms with Crippen molar-refractivity contribution in [1.29, 1.82) is 0 Å². The highest BCUT2D eigenvalue weighted by molar-refractivity contribution is 5.77. The summed E-state index contributed by atoms with van der Waals surface area (Å²) in [7, 11) is 3.27. The third kappa shape index (κ3) is 6.12.